The van der Waals surface area contributed by atoms with Crippen LogP contribution in [-0.2, 0) is 16.1 Å². The molecule has 5 aromatic rings. The maximum absolute atomic E-state index is 14.3. The van der Waals surface area contributed by atoms with E-state index < -0.39 is 12.0 Å². The highest BCUT2D eigenvalue weighted by Gasteiger charge is 2.35. The average molecular weight is 684 g/mol. The summed E-state index contributed by atoms with van der Waals surface area (Å²) in [6.07, 6.45) is 1.82. The third kappa shape index (κ3) is 6.98. The summed E-state index contributed by atoms with van der Waals surface area (Å²) in [5.74, 6) is 0.443. The summed E-state index contributed by atoms with van der Waals surface area (Å²) in [6.45, 7) is 6.47. The first-order valence-corrected chi connectivity index (χ1v) is 16.9. The van der Waals surface area contributed by atoms with Crippen molar-refractivity contribution in [2.45, 2.75) is 39.3 Å². The van der Waals surface area contributed by atoms with Gasteiger partial charge >= 0.3 is 5.97 Å². The lowest BCUT2D eigenvalue weighted by Crippen LogP contribution is -2.40. The number of fused-ring (bicyclic) bond motifs is 1. The number of hydrogen-bond donors (Lipinski definition) is 0. The smallest absolute Gasteiger partial charge is 0.338 e. The second-order valence-corrected chi connectivity index (χ2v) is 13.2. The molecule has 6 nitrogen and oxygen atoms in total. The van der Waals surface area contributed by atoms with Crippen molar-refractivity contribution in [3.63, 3.8) is 0 Å². The van der Waals surface area contributed by atoms with E-state index in [0.717, 1.165) is 27.8 Å². The predicted octanol–water partition coefficient (Wildman–Crippen LogP) is 7.94. The number of esters is 1. The summed E-state index contributed by atoms with van der Waals surface area (Å²) in [4.78, 5) is 33.4. The molecule has 0 unspecified atom stereocenters. The molecule has 0 aliphatic carbocycles. The summed E-state index contributed by atoms with van der Waals surface area (Å²) in [5, 5.41) is 1.09. The van der Waals surface area contributed by atoms with Crippen molar-refractivity contribution in [2.75, 3.05) is 6.61 Å². The average Bonchev–Trinajstić information content (AvgIpc) is 3.38. The predicted molar refractivity (Wildman–Crippen MR) is 189 cm³/mol. The van der Waals surface area contributed by atoms with Gasteiger partial charge in [0, 0.05) is 21.2 Å². The fourth-order valence-corrected chi connectivity index (χ4v) is 6.93. The molecular formula is C38H32Cl2N2O4S. The lowest BCUT2D eigenvalue weighted by molar-refractivity contribution is -0.138. The number of thiazole rings is 1. The normalized spacial score (nSPS) is 14.6. The fraction of sp³-hybridized carbons (Fsp3) is 0.184. The van der Waals surface area contributed by atoms with Crippen LogP contribution < -0.4 is 19.6 Å². The summed E-state index contributed by atoms with van der Waals surface area (Å²) < 4.78 is 13.7. The summed E-state index contributed by atoms with van der Waals surface area (Å²) in [5.41, 5.74) is 4.87. The molecule has 238 valence electrons. The van der Waals surface area contributed by atoms with E-state index in [-0.39, 0.29) is 18.8 Å². The van der Waals surface area contributed by atoms with Crippen molar-refractivity contribution in [2.24, 2.45) is 4.99 Å². The molecule has 6 rings (SSSR count). The molecule has 0 saturated heterocycles. The molecule has 47 heavy (non-hydrogen) atoms. The molecule has 9 heteroatoms. The number of ether oxygens (including phenoxy) is 2. The Morgan fingerprint density at radius 1 is 0.979 bits per heavy atom. The second-order valence-electron chi connectivity index (χ2n) is 11.3. The zero-order chi connectivity index (χ0) is 33.1. The Kier molecular flexibility index (Phi) is 9.78. The molecule has 2 heterocycles. The van der Waals surface area contributed by atoms with Crippen LogP contribution in [0.3, 0.4) is 0 Å². The van der Waals surface area contributed by atoms with Crippen molar-refractivity contribution in [3.8, 4) is 5.75 Å². The summed E-state index contributed by atoms with van der Waals surface area (Å²) in [7, 11) is 0. The fourth-order valence-electron chi connectivity index (χ4n) is 5.46. The van der Waals surface area contributed by atoms with Crippen LogP contribution in [0.5, 0.6) is 5.75 Å². The zero-order valence-corrected chi connectivity index (χ0v) is 28.4. The van der Waals surface area contributed by atoms with Gasteiger partial charge in [0.1, 0.15) is 12.4 Å². The highest BCUT2D eigenvalue weighted by molar-refractivity contribution is 7.07. The standard InChI is InChI=1S/C38H32Cl2N2O4S/c1-4-45-37(44)33-34(26-10-6-5-7-11-26)41-38-42(35(33)27-15-13-25(14-16-27)23(2)3)36(43)32(47-38)20-24-9-8-12-30(19-24)46-22-28-17-18-29(39)21-31(28)40/h5-21,23,35H,4,22H2,1-3H3/b32-20-/t35-/m1/s1. The lowest BCUT2D eigenvalue weighted by atomic mass is 9.91. The third-order valence-corrected chi connectivity index (χ3v) is 9.43. The Morgan fingerprint density at radius 3 is 2.45 bits per heavy atom. The van der Waals surface area contributed by atoms with Gasteiger partial charge in [0.2, 0.25) is 0 Å². The van der Waals surface area contributed by atoms with Gasteiger partial charge in [-0.25, -0.2) is 9.79 Å². The highest BCUT2D eigenvalue weighted by atomic mass is 35.5. The van der Waals surface area contributed by atoms with Crippen molar-refractivity contribution >= 4 is 52.3 Å². The first-order chi connectivity index (χ1) is 22.7. The van der Waals surface area contributed by atoms with E-state index in [1.54, 1.807) is 23.6 Å². The zero-order valence-electron chi connectivity index (χ0n) is 26.1. The van der Waals surface area contributed by atoms with E-state index in [0.29, 0.717) is 42.3 Å². The minimum Gasteiger partial charge on any atom is -0.489 e. The Morgan fingerprint density at radius 2 is 1.74 bits per heavy atom. The first kappa shape index (κ1) is 32.5. The molecule has 4 aromatic carbocycles. The molecule has 0 bridgehead atoms. The highest BCUT2D eigenvalue weighted by Crippen LogP contribution is 2.35. The van der Waals surface area contributed by atoms with Crippen LogP contribution in [0.2, 0.25) is 10.0 Å². The van der Waals surface area contributed by atoms with Crippen molar-refractivity contribution < 1.29 is 14.3 Å². The van der Waals surface area contributed by atoms with Crippen LogP contribution >= 0.6 is 34.5 Å². The molecule has 0 N–H and O–H groups in total. The molecule has 0 fully saturated rings. The van der Waals surface area contributed by atoms with Gasteiger partial charge < -0.3 is 9.47 Å². The molecule has 1 aliphatic heterocycles. The van der Waals surface area contributed by atoms with Crippen molar-refractivity contribution in [1.82, 2.24) is 4.57 Å². The molecule has 0 spiro atoms. The molecular weight excluding hydrogens is 651 g/mol. The SMILES string of the molecule is CCOC(=O)C1=C(c2ccccc2)N=c2s/c(=C\c3cccc(OCc4ccc(Cl)cc4Cl)c3)c(=O)n2[C@@H]1c1ccc(C(C)C)cc1. The number of rotatable bonds is 9. The number of aromatic nitrogens is 1. The lowest BCUT2D eigenvalue weighted by Gasteiger charge is -2.26. The van der Waals surface area contributed by atoms with Gasteiger partial charge in [0.15, 0.2) is 4.80 Å². The van der Waals surface area contributed by atoms with E-state index in [2.05, 4.69) is 13.8 Å². The summed E-state index contributed by atoms with van der Waals surface area (Å²) >= 11 is 13.6. The Balaban J connectivity index is 1.47. The van der Waals surface area contributed by atoms with Crippen LogP contribution in [0.25, 0.3) is 11.8 Å². The van der Waals surface area contributed by atoms with E-state index in [4.69, 9.17) is 37.7 Å². The molecule has 0 saturated carbocycles. The molecule has 1 aromatic heterocycles. The van der Waals surface area contributed by atoms with Crippen LogP contribution in [0.15, 0.2) is 112 Å². The Bertz CT molecular complexity index is 2150. The minimum absolute atomic E-state index is 0.191. The second kappa shape index (κ2) is 14.1. The number of carbonyl (C=O) groups excluding carboxylic acids is 1. The van der Waals surface area contributed by atoms with Gasteiger partial charge in [-0.1, -0.05) is 121 Å². The molecule has 1 aliphatic rings. The van der Waals surface area contributed by atoms with Crippen LogP contribution in [0, 0.1) is 0 Å². The van der Waals surface area contributed by atoms with E-state index in [9.17, 15) is 9.59 Å². The van der Waals surface area contributed by atoms with Crippen molar-refractivity contribution in [1.29, 1.82) is 0 Å². The molecule has 1 atom stereocenters. The topological polar surface area (TPSA) is 69.9 Å². The maximum Gasteiger partial charge on any atom is 0.338 e. The number of benzene rings is 4. The van der Waals surface area contributed by atoms with Gasteiger partial charge in [0.05, 0.1) is 28.5 Å². The van der Waals surface area contributed by atoms with Crippen LogP contribution in [0.1, 0.15) is 60.5 Å². The minimum atomic E-state index is -0.734. The maximum atomic E-state index is 14.3. The molecule has 0 amide bonds. The van der Waals surface area contributed by atoms with Gasteiger partial charge in [-0.3, -0.25) is 9.36 Å². The van der Waals surface area contributed by atoms with Crippen LogP contribution in [0.4, 0.5) is 0 Å². The number of halogens is 2. The van der Waals surface area contributed by atoms with E-state index in [1.807, 2.05) is 91.0 Å². The van der Waals surface area contributed by atoms with E-state index in [1.165, 1.54) is 11.3 Å². The quantitative estimate of drug-likeness (QED) is 0.148. The Labute approximate surface area is 286 Å². The van der Waals surface area contributed by atoms with Gasteiger partial charge in [-0.2, -0.15) is 0 Å². The number of hydrogen-bond acceptors (Lipinski definition) is 6. The number of nitrogens with zero attached hydrogens (tertiary/aromatic N) is 2. The van der Waals surface area contributed by atoms with Crippen molar-refractivity contribution in [3.05, 3.63) is 160 Å². The first-order valence-electron chi connectivity index (χ1n) is 15.3. The Hall–Kier alpha value is -4.43. The summed E-state index contributed by atoms with van der Waals surface area (Å²) in [6, 6.07) is 29.6. The van der Waals surface area contributed by atoms with Crippen LogP contribution in [-0.4, -0.2) is 17.1 Å². The monoisotopic (exact) mass is 682 g/mol. The third-order valence-electron chi connectivity index (χ3n) is 7.86. The van der Waals surface area contributed by atoms with Gasteiger partial charge in [-0.15, -0.1) is 0 Å². The number of carbonyl (C=O) groups is 1. The largest absolute Gasteiger partial charge is 0.489 e. The molecule has 0 radical (unpaired) electrons. The van der Waals surface area contributed by atoms with Gasteiger partial charge in [-0.05, 0) is 59.9 Å². The van der Waals surface area contributed by atoms with E-state index >= 15 is 0 Å². The van der Waals surface area contributed by atoms with Gasteiger partial charge in [0.25, 0.3) is 5.56 Å².